The highest BCUT2D eigenvalue weighted by molar-refractivity contribution is 8.07. The van der Waals surface area contributed by atoms with Crippen molar-refractivity contribution in [2.24, 2.45) is 0 Å². The van der Waals surface area contributed by atoms with E-state index < -0.39 is 15.2 Å². The molecule has 0 bridgehead atoms. The molecule has 0 aliphatic heterocycles. The molecule has 0 aromatic carbocycles. The van der Waals surface area contributed by atoms with Crippen molar-refractivity contribution in [3.63, 3.8) is 0 Å². The highest BCUT2D eigenvalue weighted by atomic mass is 32.3. The second kappa shape index (κ2) is 4.04. The van der Waals surface area contributed by atoms with Gasteiger partial charge >= 0.3 is 0 Å². The molecule has 0 N–H and O–H groups in total. The first-order chi connectivity index (χ1) is 4.06. The van der Waals surface area contributed by atoms with E-state index in [0.717, 1.165) is 0 Å². The van der Waals surface area contributed by atoms with Crippen LogP contribution in [-0.4, -0.2) is 18.1 Å². The van der Waals surface area contributed by atoms with Crippen molar-refractivity contribution in [2.75, 3.05) is 5.08 Å². The minimum Gasteiger partial charge on any atom is -0.747 e. The molecule has 0 aromatic rings. The van der Waals surface area contributed by atoms with E-state index in [9.17, 15) is 13.0 Å². The molecule has 8 heteroatoms. The molecule has 0 unspecified atom stereocenters. The van der Waals surface area contributed by atoms with Crippen molar-refractivity contribution in [3.8, 4) is 0 Å². The van der Waals surface area contributed by atoms with Crippen molar-refractivity contribution in [2.45, 2.75) is 0 Å². The maximum atomic E-state index is 9.69. The van der Waals surface area contributed by atoms with E-state index in [1.54, 1.807) is 0 Å². The maximum Gasteiger partial charge on any atom is 0.113 e. The Kier molecular flexibility index (Phi) is 4.10. The summed E-state index contributed by atoms with van der Waals surface area (Å²) in [5, 5.41) is 10.9. The van der Waals surface area contributed by atoms with Crippen molar-refractivity contribution < 1.29 is 27.6 Å². The summed E-state index contributed by atoms with van der Waals surface area (Å²) < 4.78 is 32.6. The van der Waals surface area contributed by atoms with Gasteiger partial charge in [-0.05, 0) is 0 Å². The standard InChI is InChI=1S/CH4O6S2/c2-6-7-8-1-9(3,4)5/h2H,1H2,(H,3,4,5)/p-2. The van der Waals surface area contributed by atoms with Crippen LogP contribution in [0.4, 0.5) is 0 Å². The summed E-state index contributed by atoms with van der Waals surface area (Å²) in [5.74, 6) is 0. The summed E-state index contributed by atoms with van der Waals surface area (Å²) in [5.41, 5.74) is 0. The zero-order valence-electron chi connectivity index (χ0n) is 3.97. The second-order valence-corrected chi connectivity index (χ2v) is 3.36. The molecule has 0 radical (unpaired) electrons. The zero-order valence-corrected chi connectivity index (χ0v) is 5.61. The molecular weight excluding hydrogens is 172 g/mol. The summed E-state index contributed by atoms with van der Waals surface area (Å²) >= 11 is 0.125. The van der Waals surface area contributed by atoms with Gasteiger partial charge in [-0.25, -0.2) is 8.42 Å². The van der Waals surface area contributed by atoms with E-state index in [1.807, 2.05) is 0 Å². The Morgan fingerprint density at radius 3 is 2.44 bits per heavy atom. The van der Waals surface area contributed by atoms with E-state index in [0.29, 0.717) is 0 Å². The Morgan fingerprint density at radius 2 is 2.11 bits per heavy atom. The molecule has 0 saturated carbocycles. The third-order valence-electron chi connectivity index (χ3n) is 0.268. The molecule has 9 heavy (non-hydrogen) atoms. The first-order valence-electron chi connectivity index (χ1n) is 1.58. The average molecular weight is 174 g/mol. The lowest BCUT2D eigenvalue weighted by Crippen LogP contribution is -2.05. The lowest BCUT2D eigenvalue weighted by molar-refractivity contribution is -0.777. The Labute approximate surface area is 55.6 Å². The highest BCUT2D eigenvalue weighted by Crippen LogP contribution is 2.03. The summed E-state index contributed by atoms with van der Waals surface area (Å²) in [6, 6.07) is 0. The monoisotopic (exact) mass is 174 g/mol. The zero-order chi connectivity index (χ0) is 7.33. The topological polar surface area (TPSA) is 98.7 Å². The minimum absolute atomic E-state index is 0.125. The van der Waals surface area contributed by atoms with Crippen LogP contribution in [0.5, 0.6) is 0 Å². The maximum absolute atomic E-state index is 9.69. The smallest absolute Gasteiger partial charge is 0.113 e. The summed E-state index contributed by atoms with van der Waals surface area (Å²) in [6.45, 7) is 0. The van der Waals surface area contributed by atoms with Gasteiger partial charge < -0.3 is 9.81 Å². The predicted octanol–water partition coefficient (Wildman–Crippen LogP) is -1.64. The summed E-state index contributed by atoms with van der Waals surface area (Å²) in [4.78, 5) is 0. The molecule has 0 amide bonds. The van der Waals surface area contributed by atoms with E-state index in [4.69, 9.17) is 5.26 Å². The Hall–Kier alpha value is 0.140. The molecule has 0 atom stereocenters. The Morgan fingerprint density at radius 1 is 1.56 bits per heavy atom. The molecule has 0 rings (SSSR count). The molecule has 0 aliphatic carbocycles. The molecular formula is CH2O6S2-2. The molecule has 6 nitrogen and oxygen atoms in total. The van der Waals surface area contributed by atoms with Crippen LogP contribution in [-0.2, 0) is 19.5 Å². The summed E-state index contributed by atoms with van der Waals surface area (Å²) in [7, 11) is -4.33. The molecule has 0 saturated heterocycles. The quantitative estimate of drug-likeness (QED) is 0.166. The lowest BCUT2D eigenvalue weighted by atomic mass is 11.9. The largest absolute Gasteiger partial charge is 0.747 e. The first kappa shape index (κ1) is 9.14. The van der Waals surface area contributed by atoms with Crippen molar-refractivity contribution in [1.82, 2.24) is 0 Å². The molecule has 0 aliphatic rings. The highest BCUT2D eigenvalue weighted by Gasteiger charge is 1.93. The molecule has 0 fully saturated rings. The average Bonchev–Trinajstić information content (AvgIpc) is 1.63. The molecule has 0 aromatic heterocycles. The number of hydrogen-bond donors (Lipinski definition) is 0. The van der Waals surface area contributed by atoms with Gasteiger partial charge in [-0.1, -0.05) is 0 Å². The van der Waals surface area contributed by atoms with Crippen LogP contribution >= 0.6 is 12.0 Å². The summed E-state index contributed by atoms with van der Waals surface area (Å²) in [6.07, 6.45) is 0. The van der Waals surface area contributed by atoms with E-state index in [-0.39, 0.29) is 12.0 Å². The van der Waals surface area contributed by atoms with Crippen LogP contribution in [0.15, 0.2) is 0 Å². The number of hydrogen-bond acceptors (Lipinski definition) is 7. The van der Waals surface area contributed by atoms with Gasteiger partial charge in [0.15, 0.2) is 0 Å². The van der Waals surface area contributed by atoms with E-state index in [1.165, 1.54) is 0 Å². The van der Waals surface area contributed by atoms with Crippen molar-refractivity contribution in [1.29, 1.82) is 0 Å². The fraction of sp³-hybridized carbons (Fsp3) is 1.00. The fourth-order valence-electron chi connectivity index (χ4n) is 0.0982. The van der Waals surface area contributed by atoms with Gasteiger partial charge in [0.05, 0.1) is 0 Å². The van der Waals surface area contributed by atoms with Crippen LogP contribution in [0.3, 0.4) is 0 Å². The van der Waals surface area contributed by atoms with Gasteiger partial charge in [0.25, 0.3) is 0 Å². The van der Waals surface area contributed by atoms with E-state index in [2.05, 4.69) is 9.37 Å². The van der Waals surface area contributed by atoms with Crippen LogP contribution in [0.25, 0.3) is 0 Å². The van der Waals surface area contributed by atoms with Crippen molar-refractivity contribution >= 4 is 22.2 Å². The third kappa shape index (κ3) is 8.14. The fourth-order valence-corrected chi connectivity index (χ4v) is 0.766. The van der Waals surface area contributed by atoms with Crippen LogP contribution < -0.4 is 5.26 Å². The van der Waals surface area contributed by atoms with Crippen LogP contribution in [0, 0.1) is 0 Å². The predicted molar refractivity (Wildman–Crippen MR) is 24.3 cm³/mol. The lowest BCUT2D eigenvalue weighted by Gasteiger charge is -2.05. The van der Waals surface area contributed by atoms with Gasteiger partial charge in [-0.3, -0.25) is 5.04 Å². The van der Waals surface area contributed by atoms with Gasteiger partial charge in [-0.15, -0.1) is 0 Å². The number of rotatable bonds is 4. The first-order valence-corrected chi connectivity index (χ1v) is 4.07. The normalized spacial score (nSPS) is 11.8. The van der Waals surface area contributed by atoms with Crippen LogP contribution in [0.2, 0.25) is 0 Å². The third-order valence-corrected chi connectivity index (χ3v) is 1.96. The molecule has 0 heterocycles. The molecule has 0 spiro atoms. The van der Waals surface area contributed by atoms with Gasteiger partial charge in [0.2, 0.25) is 0 Å². The van der Waals surface area contributed by atoms with Gasteiger partial charge in [-0.2, -0.15) is 4.33 Å². The Bertz CT molecular complexity index is 146. The van der Waals surface area contributed by atoms with E-state index >= 15 is 0 Å². The van der Waals surface area contributed by atoms with Gasteiger partial charge in [0, 0.05) is 12.0 Å². The molecule has 56 valence electrons. The van der Waals surface area contributed by atoms with Crippen LogP contribution in [0.1, 0.15) is 0 Å². The minimum atomic E-state index is -4.33. The second-order valence-electron chi connectivity index (χ2n) is 0.929. The van der Waals surface area contributed by atoms with Gasteiger partial charge in [0.1, 0.15) is 15.2 Å². The Balaban J connectivity index is 3.30. The van der Waals surface area contributed by atoms with Crippen molar-refractivity contribution in [3.05, 3.63) is 0 Å². The SMILES string of the molecule is O=S(=O)([O-])CSOO[O-].